The highest BCUT2D eigenvalue weighted by Gasteiger charge is 2.12. The largest absolute Gasteiger partial charge is 1.00 e. The fraction of sp³-hybridized carbons (Fsp3) is 0.600. The summed E-state index contributed by atoms with van der Waals surface area (Å²) in [5.41, 5.74) is 1.23. The number of hydrogen-bond acceptors (Lipinski definition) is 2. The molecule has 1 N–H and O–H groups in total. The van der Waals surface area contributed by atoms with Crippen molar-refractivity contribution in [1.29, 1.82) is 0 Å². The minimum atomic E-state index is 0. The van der Waals surface area contributed by atoms with Crippen molar-refractivity contribution >= 4 is 11.6 Å². The molecule has 0 atom stereocenters. The molecule has 2 nitrogen and oxygen atoms in total. The zero-order valence-electron chi connectivity index (χ0n) is 11.4. The van der Waals surface area contributed by atoms with Gasteiger partial charge in [0, 0.05) is 12.6 Å². The molecular formula is C15H22Cl2NO-. The van der Waals surface area contributed by atoms with Crippen molar-refractivity contribution in [3.8, 4) is 5.75 Å². The lowest BCUT2D eigenvalue weighted by atomic mass is 9.95. The summed E-state index contributed by atoms with van der Waals surface area (Å²) in [7, 11) is 0. The van der Waals surface area contributed by atoms with E-state index in [9.17, 15) is 0 Å². The summed E-state index contributed by atoms with van der Waals surface area (Å²) in [5, 5.41) is 4.33. The smallest absolute Gasteiger partial charge is 0.137 e. The van der Waals surface area contributed by atoms with Gasteiger partial charge in [-0.3, -0.25) is 0 Å². The second-order valence-electron chi connectivity index (χ2n) is 4.91. The highest BCUT2D eigenvalue weighted by molar-refractivity contribution is 6.32. The van der Waals surface area contributed by atoms with Crippen molar-refractivity contribution in [3.63, 3.8) is 0 Å². The Morgan fingerprint density at radius 3 is 2.63 bits per heavy atom. The number of ether oxygens (including phenoxy) is 1. The van der Waals surface area contributed by atoms with E-state index >= 15 is 0 Å². The second kappa shape index (κ2) is 8.68. The minimum absolute atomic E-state index is 0. The Kier molecular flexibility index (Phi) is 7.59. The third kappa shape index (κ3) is 5.21. The summed E-state index contributed by atoms with van der Waals surface area (Å²) in [5.74, 6) is 0.778. The van der Waals surface area contributed by atoms with Gasteiger partial charge in [0.15, 0.2) is 0 Å². The molecule has 0 spiro atoms. The summed E-state index contributed by atoms with van der Waals surface area (Å²) in [6, 6.07) is 6.74. The summed E-state index contributed by atoms with van der Waals surface area (Å²) in [6.07, 6.45) is 6.74. The average Bonchev–Trinajstić information content (AvgIpc) is 2.41. The molecule has 2 rings (SSSR count). The number of halogens is 2. The van der Waals surface area contributed by atoms with Gasteiger partial charge < -0.3 is 22.5 Å². The molecule has 0 amide bonds. The van der Waals surface area contributed by atoms with E-state index in [-0.39, 0.29) is 12.4 Å². The predicted octanol–water partition coefficient (Wildman–Crippen LogP) is 1.16. The Morgan fingerprint density at radius 1 is 1.26 bits per heavy atom. The normalized spacial score (nSPS) is 15.9. The van der Waals surface area contributed by atoms with E-state index in [2.05, 4.69) is 11.4 Å². The van der Waals surface area contributed by atoms with Gasteiger partial charge in [-0.1, -0.05) is 36.9 Å². The van der Waals surface area contributed by atoms with Gasteiger partial charge in [-0.15, -0.1) is 0 Å². The van der Waals surface area contributed by atoms with Gasteiger partial charge in [0.2, 0.25) is 0 Å². The molecule has 1 aliphatic carbocycles. The third-order valence-corrected chi connectivity index (χ3v) is 3.79. The molecule has 0 bridgehead atoms. The van der Waals surface area contributed by atoms with Gasteiger partial charge in [-0.05, 0) is 37.5 Å². The number of benzene rings is 1. The first-order valence-corrected chi connectivity index (χ1v) is 7.32. The molecule has 4 heteroatoms. The third-order valence-electron chi connectivity index (χ3n) is 3.50. The number of hydrogen-bond donors (Lipinski definition) is 1. The standard InChI is InChI=1S/C15H22ClNO.ClH/c1-2-18-15-9-8-12(10-14(15)16)11-17-13-6-4-3-5-7-13;/h8-10,13,17H,2-7,11H2,1H3;1H/p-1. The van der Waals surface area contributed by atoms with E-state index in [0.29, 0.717) is 17.7 Å². The van der Waals surface area contributed by atoms with Gasteiger partial charge >= 0.3 is 0 Å². The number of rotatable bonds is 5. The summed E-state index contributed by atoms with van der Waals surface area (Å²) >= 11 is 6.18. The van der Waals surface area contributed by atoms with Crippen molar-refractivity contribution in [1.82, 2.24) is 5.32 Å². The van der Waals surface area contributed by atoms with Crippen molar-refractivity contribution in [3.05, 3.63) is 28.8 Å². The van der Waals surface area contributed by atoms with Crippen molar-refractivity contribution in [2.24, 2.45) is 0 Å². The van der Waals surface area contributed by atoms with E-state index in [1.54, 1.807) is 0 Å². The molecule has 1 aromatic rings. The van der Waals surface area contributed by atoms with Crippen LogP contribution in [0.3, 0.4) is 0 Å². The van der Waals surface area contributed by atoms with Gasteiger partial charge in [-0.25, -0.2) is 0 Å². The summed E-state index contributed by atoms with van der Waals surface area (Å²) in [4.78, 5) is 0. The fourth-order valence-electron chi connectivity index (χ4n) is 2.50. The SMILES string of the molecule is CCOc1ccc(CNC2CCCCC2)cc1Cl.[Cl-]. The first kappa shape index (κ1) is 16.6. The van der Waals surface area contributed by atoms with Crippen LogP contribution in [0.5, 0.6) is 5.75 Å². The minimum Gasteiger partial charge on any atom is -1.00 e. The second-order valence-corrected chi connectivity index (χ2v) is 5.32. The molecule has 0 saturated heterocycles. The quantitative estimate of drug-likeness (QED) is 0.881. The molecule has 19 heavy (non-hydrogen) atoms. The van der Waals surface area contributed by atoms with Gasteiger partial charge in [0.05, 0.1) is 11.6 Å². The van der Waals surface area contributed by atoms with Crippen LogP contribution in [0, 0.1) is 0 Å². The van der Waals surface area contributed by atoms with Crippen LogP contribution in [-0.4, -0.2) is 12.6 Å². The average molecular weight is 303 g/mol. The molecule has 1 saturated carbocycles. The van der Waals surface area contributed by atoms with Crippen LogP contribution in [0.25, 0.3) is 0 Å². The molecule has 0 radical (unpaired) electrons. The fourth-order valence-corrected chi connectivity index (χ4v) is 2.75. The maximum atomic E-state index is 6.18. The van der Waals surface area contributed by atoms with Crippen LogP contribution >= 0.6 is 11.6 Å². The van der Waals surface area contributed by atoms with Crippen LogP contribution < -0.4 is 22.5 Å². The highest BCUT2D eigenvalue weighted by atomic mass is 35.5. The Balaban J connectivity index is 0.00000180. The first-order valence-electron chi connectivity index (χ1n) is 6.94. The Labute approximate surface area is 127 Å². The summed E-state index contributed by atoms with van der Waals surface area (Å²) in [6.45, 7) is 3.52. The van der Waals surface area contributed by atoms with Gasteiger partial charge in [0.25, 0.3) is 0 Å². The molecule has 1 aliphatic rings. The lowest BCUT2D eigenvalue weighted by Gasteiger charge is -2.23. The van der Waals surface area contributed by atoms with E-state index in [1.165, 1.54) is 37.7 Å². The zero-order chi connectivity index (χ0) is 12.8. The molecule has 0 aromatic heterocycles. The predicted molar refractivity (Wildman–Crippen MR) is 76.3 cm³/mol. The lowest BCUT2D eigenvalue weighted by Crippen LogP contribution is -3.00. The van der Waals surface area contributed by atoms with Crippen molar-refractivity contribution in [2.45, 2.75) is 51.6 Å². The van der Waals surface area contributed by atoms with Crippen LogP contribution in [0.1, 0.15) is 44.6 Å². The van der Waals surface area contributed by atoms with Crippen LogP contribution in [-0.2, 0) is 6.54 Å². The topological polar surface area (TPSA) is 21.3 Å². The molecule has 1 aromatic carbocycles. The number of nitrogens with one attached hydrogen (secondary N) is 1. The van der Waals surface area contributed by atoms with Gasteiger partial charge in [-0.2, -0.15) is 0 Å². The lowest BCUT2D eigenvalue weighted by molar-refractivity contribution is -0.00000429. The molecule has 0 heterocycles. The van der Waals surface area contributed by atoms with Crippen molar-refractivity contribution < 1.29 is 17.1 Å². The highest BCUT2D eigenvalue weighted by Crippen LogP contribution is 2.25. The van der Waals surface area contributed by atoms with Crippen LogP contribution in [0.2, 0.25) is 5.02 Å². The van der Waals surface area contributed by atoms with E-state index in [4.69, 9.17) is 16.3 Å². The Hall–Kier alpha value is -0.440. The molecule has 0 unspecified atom stereocenters. The molecule has 108 valence electrons. The van der Waals surface area contributed by atoms with Crippen LogP contribution in [0.4, 0.5) is 0 Å². The first-order chi connectivity index (χ1) is 8.79. The van der Waals surface area contributed by atoms with Crippen molar-refractivity contribution in [2.75, 3.05) is 6.61 Å². The maximum absolute atomic E-state index is 6.18. The summed E-state index contributed by atoms with van der Waals surface area (Å²) < 4.78 is 5.43. The molecule has 0 aliphatic heterocycles. The van der Waals surface area contributed by atoms with Gasteiger partial charge in [0.1, 0.15) is 5.75 Å². The zero-order valence-corrected chi connectivity index (χ0v) is 12.9. The molecule has 1 fully saturated rings. The Bertz CT molecular complexity index is 378. The maximum Gasteiger partial charge on any atom is 0.137 e. The Morgan fingerprint density at radius 2 is 2.00 bits per heavy atom. The van der Waals surface area contributed by atoms with E-state index in [0.717, 1.165) is 12.3 Å². The molecular weight excluding hydrogens is 281 g/mol. The monoisotopic (exact) mass is 302 g/mol. The van der Waals surface area contributed by atoms with Crippen LogP contribution in [0.15, 0.2) is 18.2 Å². The van der Waals surface area contributed by atoms with E-state index in [1.807, 2.05) is 19.1 Å². The van der Waals surface area contributed by atoms with E-state index < -0.39 is 0 Å².